The number of unbranched alkanes of at least 4 members (excludes halogenated alkanes) is 6. The van der Waals surface area contributed by atoms with Crippen molar-refractivity contribution in [1.82, 2.24) is 19.9 Å². The van der Waals surface area contributed by atoms with E-state index >= 15 is 0 Å². The van der Waals surface area contributed by atoms with Crippen LogP contribution in [0.2, 0.25) is 0 Å². The van der Waals surface area contributed by atoms with E-state index in [1.807, 2.05) is 0 Å². The molecule has 8 heteroatoms. The van der Waals surface area contributed by atoms with Gasteiger partial charge < -0.3 is 10.6 Å². The first-order valence-corrected chi connectivity index (χ1v) is 11.7. The van der Waals surface area contributed by atoms with Crippen LogP contribution in [-0.4, -0.2) is 31.8 Å². The SMILES string of the molecule is CCCCCCc1cnc(NC(C)=O)c(-c2nc(CCCCCC)cnc2NC(C)=O)n1. The smallest absolute Gasteiger partial charge is 0.222 e. The van der Waals surface area contributed by atoms with E-state index in [-0.39, 0.29) is 11.8 Å². The van der Waals surface area contributed by atoms with Crippen molar-refractivity contribution in [3.8, 4) is 11.4 Å². The number of aromatic nitrogens is 4. The van der Waals surface area contributed by atoms with Crippen LogP contribution in [0.25, 0.3) is 11.4 Å². The Morgan fingerprint density at radius 3 is 1.44 bits per heavy atom. The Bertz CT molecular complexity index is 827. The first kappa shape index (κ1) is 25.4. The minimum absolute atomic E-state index is 0.249. The molecular formula is C24H36N6O2. The van der Waals surface area contributed by atoms with Gasteiger partial charge >= 0.3 is 0 Å². The maximum Gasteiger partial charge on any atom is 0.222 e. The molecule has 0 saturated carbocycles. The summed E-state index contributed by atoms with van der Waals surface area (Å²) in [5, 5.41) is 5.48. The zero-order chi connectivity index (χ0) is 23.3. The van der Waals surface area contributed by atoms with Crippen molar-refractivity contribution >= 4 is 23.5 Å². The third kappa shape index (κ3) is 8.32. The van der Waals surface area contributed by atoms with Crippen LogP contribution < -0.4 is 10.6 Å². The van der Waals surface area contributed by atoms with Crippen LogP contribution in [0, 0.1) is 0 Å². The van der Waals surface area contributed by atoms with Crippen molar-refractivity contribution in [3.05, 3.63) is 23.8 Å². The number of nitrogens with one attached hydrogen (secondary N) is 2. The molecule has 0 fully saturated rings. The molecule has 0 unspecified atom stereocenters. The molecule has 0 radical (unpaired) electrons. The molecule has 2 heterocycles. The van der Waals surface area contributed by atoms with Crippen LogP contribution in [0.15, 0.2) is 12.4 Å². The second-order valence-corrected chi connectivity index (χ2v) is 8.10. The third-order valence-electron chi connectivity index (χ3n) is 5.03. The largest absolute Gasteiger partial charge is 0.309 e. The lowest BCUT2D eigenvalue weighted by Gasteiger charge is -2.14. The molecule has 2 amide bonds. The zero-order valence-corrected chi connectivity index (χ0v) is 19.8. The van der Waals surface area contributed by atoms with Gasteiger partial charge in [0.15, 0.2) is 11.6 Å². The van der Waals surface area contributed by atoms with E-state index in [2.05, 4.69) is 34.4 Å². The Labute approximate surface area is 191 Å². The van der Waals surface area contributed by atoms with Crippen molar-refractivity contribution in [3.63, 3.8) is 0 Å². The number of rotatable bonds is 13. The van der Waals surface area contributed by atoms with Crippen molar-refractivity contribution in [2.45, 2.75) is 91.9 Å². The Kier molecular flexibility index (Phi) is 10.7. The number of anilines is 2. The highest BCUT2D eigenvalue weighted by Crippen LogP contribution is 2.29. The lowest BCUT2D eigenvalue weighted by atomic mass is 10.1. The van der Waals surface area contributed by atoms with Crippen molar-refractivity contribution in [2.24, 2.45) is 0 Å². The first-order valence-electron chi connectivity index (χ1n) is 11.7. The molecule has 2 N–H and O–H groups in total. The summed E-state index contributed by atoms with van der Waals surface area (Å²) in [6.45, 7) is 7.21. The van der Waals surface area contributed by atoms with Crippen molar-refractivity contribution in [1.29, 1.82) is 0 Å². The molecule has 0 aromatic carbocycles. The van der Waals surface area contributed by atoms with E-state index in [9.17, 15) is 9.59 Å². The monoisotopic (exact) mass is 440 g/mol. The van der Waals surface area contributed by atoms with Crippen LogP contribution in [-0.2, 0) is 22.4 Å². The van der Waals surface area contributed by atoms with E-state index in [1.165, 1.54) is 39.5 Å². The fourth-order valence-electron chi connectivity index (χ4n) is 3.40. The molecule has 0 spiro atoms. The molecule has 0 aliphatic rings. The molecule has 0 bridgehead atoms. The van der Waals surface area contributed by atoms with Gasteiger partial charge in [0.05, 0.1) is 23.8 Å². The molecule has 32 heavy (non-hydrogen) atoms. The van der Waals surface area contributed by atoms with E-state index in [1.54, 1.807) is 12.4 Å². The standard InChI is InChI=1S/C24H36N6O2/c1-5-7-9-11-13-19-15-25-23(27-17(3)31)21(29-19)22-24(28-18(4)32)26-16-20(30-22)14-12-10-8-6-2/h15-16H,5-14H2,1-4H3,(H,25,27,31)(H,26,28,32). The highest BCUT2D eigenvalue weighted by Gasteiger charge is 2.19. The maximum absolute atomic E-state index is 11.8. The van der Waals surface area contributed by atoms with Gasteiger partial charge in [0.2, 0.25) is 11.8 Å². The van der Waals surface area contributed by atoms with Crippen molar-refractivity contribution in [2.75, 3.05) is 10.6 Å². The summed E-state index contributed by atoms with van der Waals surface area (Å²) in [7, 11) is 0. The van der Waals surface area contributed by atoms with Gasteiger partial charge in [-0.25, -0.2) is 19.9 Å². The molecule has 174 valence electrons. The second-order valence-electron chi connectivity index (χ2n) is 8.10. The van der Waals surface area contributed by atoms with Crippen LogP contribution in [0.5, 0.6) is 0 Å². The van der Waals surface area contributed by atoms with Gasteiger partial charge in [-0.15, -0.1) is 0 Å². The summed E-state index contributed by atoms with van der Waals surface area (Å²) in [5.41, 5.74) is 2.52. The minimum Gasteiger partial charge on any atom is -0.309 e. The number of amides is 2. The molecule has 0 saturated heterocycles. The normalized spacial score (nSPS) is 10.8. The fraction of sp³-hybridized carbons (Fsp3) is 0.583. The van der Waals surface area contributed by atoms with E-state index in [0.29, 0.717) is 23.0 Å². The summed E-state index contributed by atoms with van der Waals surface area (Å²) in [6, 6.07) is 0. The second kappa shape index (κ2) is 13.5. The molecule has 8 nitrogen and oxygen atoms in total. The van der Waals surface area contributed by atoms with Gasteiger partial charge in [-0.1, -0.05) is 52.4 Å². The number of nitrogens with zero attached hydrogens (tertiary/aromatic N) is 4. The van der Waals surface area contributed by atoms with Gasteiger partial charge in [0.25, 0.3) is 0 Å². The fourth-order valence-corrected chi connectivity index (χ4v) is 3.40. The summed E-state index contributed by atoms with van der Waals surface area (Å²) in [5.74, 6) is 0.139. The molecule has 2 aromatic heterocycles. The van der Waals surface area contributed by atoms with Crippen LogP contribution in [0.1, 0.15) is 90.4 Å². The first-order chi connectivity index (χ1) is 15.4. The summed E-state index contributed by atoms with van der Waals surface area (Å²) in [4.78, 5) is 42.0. The maximum atomic E-state index is 11.8. The molecule has 2 rings (SSSR count). The third-order valence-corrected chi connectivity index (χ3v) is 5.03. The number of carbonyl (C=O) groups is 2. The Balaban J connectivity index is 2.43. The van der Waals surface area contributed by atoms with E-state index in [0.717, 1.165) is 49.9 Å². The average Bonchev–Trinajstić information content (AvgIpc) is 2.75. The van der Waals surface area contributed by atoms with Crippen LogP contribution in [0.3, 0.4) is 0 Å². The summed E-state index contributed by atoms with van der Waals surface area (Å²) < 4.78 is 0. The van der Waals surface area contributed by atoms with Crippen molar-refractivity contribution < 1.29 is 9.59 Å². The number of carbonyl (C=O) groups excluding carboxylic acids is 2. The molecule has 0 atom stereocenters. The lowest BCUT2D eigenvalue weighted by Crippen LogP contribution is -2.14. The Morgan fingerprint density at radius 1 is 0.688 bits per heavy atom. The van der Waals surface area contributed by atoms with Crippen LogP contribution >= 0.6 is 0 Å². The topological polar surface area (TPSA) is 110 Å². The zero-order valence-electron chi connectivity index (χ0n) is 19.8. The predicted octanol–water partition coefficient (Wildman–Crippen LogP) is 5.10. The van der Waals surface area contributed by atoms with E-state index < -0.39 is 0 Å². The summed E-state index contributed by atoms with van der Waals surface area (Å²) in [6.07, 6.45) is 14.0. The predicted molar refractivity (Wildman–Crippen MR) is 127 cm³/mol. The van der Waals surface area contributed by atoms with Gasteiger partial charge in [0.1, 0.15) is 11.4 Å². The van der Waals surface area contributed by atoms with Gasteiger partial charge in [0, 0.05) is 13.8 Å². The quantitative estimate of drug-likeness (QED) is 0.420. The minimum atomic E-state index is -0.249. The van der Waals surface area contributed by atoms with Gasteiger partial charge in [-0.05, 0) is 25.7 Å². The summed E-state index contributed by atoms with van der Waals surface area (Å²) >= 11 is 0. The Morgan fingerprint density at radius 2 is 1.09 bits per heavy atom. The Hall–Kier alpha value is -2.90. The molecule has 0 aliphatic heterocycles. The van der Waals surface area contributed by atoms with Gasteiger partial charge in [-0.3, -0.25) is 9.59 Å². The van der Waals surface area contributed by atoms with Gasteiger partial charge in [-0.2, -0.15) is 0 Å². The number of aryl methyl sites for hydroxylation is 2. The molecule has 0 aliphatic carbocycles. The highest BCUT2D eigenvalue weighted by molar-refractivity contribution is 5.95. The average molecular weight is 441 g/mol. The number of hydrogen-bond donors (Lipinski definition) is 2. The lowest BCUT2D eigenvalue weighted by molar-refractivity contribution is -0.115. The number of hydrogen-bond acceptors (Lipinski definition) is 6. The van der Waals surface area contributed by atoms with Crippen LogP contribution in [0.4, 0.5) is 11.6 Å². The molecular weight excluding hydrogens is 404 g/mol. The highest BCUT2D eigenvalue weighted by atomic mass is 16.2. The molecule has 2 aromatic rings. The van der Waals surface area contributed by atoms with E-state index in [4.69, 9.17) is 9.97 Å².